The molecule has 0 unspecified atom stereocenters. The van der Waals surface area contributed by atoms with Gasteiger partial charge < -0.3 is 14.8 Å². The van der Waals surface area contributed by atoms with Crippen LogP contribution in [0.3, 0.4) is 0 Å². The van der Waals surface area contributed by atoms with E-state index in [2.05, 4.69) is 15.3 Å². The van der Waals surface area contributed by atoms with Gasteiger partial charge in [0.2, 0.25) is 0 Å². The van der Waals surface area contributed by atoms with Gasteiger partial charge in [-0.05, 0) is 19.1 Å². The first-order valence-electron chi connectivity index (χ1n) is 6.42. The molecule has 0 radical (unpaired) electrons. The molecule has 6 nitrogen and oxygen atoms in total. The molecule has 0 atom stereocenters. The zero-order valence-electron chi connectivity index (χ0n) is 11.3. The zero-order valence-corrected chi connectivity index (χ0v) is 11.3. The Morgan fingerprint density at radius 2 is 2.14 bits per heavy atom. The molecule has 0 saturated carbocycles. The van der Waals surface area contributed by atoms with Crippen LogP contribution in [0.15, 0.2) is 40.9 Å². The molecule has 106 valence electrons. The third-order valence-corrected chi connectivity index (χ3v) is 3.08. The molecule has 0 aliphatic rings. The van der Waals surface area contributed by atoms with Gasteiger partial charge in [-0.2, -0.15) is 4.98 Å². The number of pyridine rings is 1. The minimum atomic E-state index is -0.951. The molecule has 2 N–H and O–H groups in total. The number of aliphatic carboxylic acids is 1. The van der Waals surface area contributed by atoms with Crippen LogP contribution in [-0.2, 0) is 11.2 Å². The lowest BCUT2D eigenvalue weighted by Gasteiger charge is -2.05. The van der Waals surface area contributed by atoms with Gasteiger partial charge in [0.25, 0.3) is 6.01 Å². The van der Waals surface area contributed by atoms with Gasteiger partial charge >= 0.3 is 5.97 Å². The molecular formula is C15H13N3O3. The summed E-state index contributed by atoms with van der Waals surface area (Å²) in [6.07, 6.45) is 1.53. The predicted molar refractivity (Wildman–Crippen MR) is 77.6 cm³/mol. The summed E-state index contributed by atoms with van der Waals surface area (Å²) in [6.45, 7) is 1.72. The third-order valence-electron chi connectivity index (χ3n) is 3.08. The van der Waals surface area contributed by atoms with Crippen LogP contribution in [0.4, 0.5) is 11.7 Å². The summed E-state index contributed by atoms with van der Waals surface area (Å²) < 4.78 is 5.45. The van der Waals surface area contributed by atoms with Crippen molar-refractivity contribution in [3.63, 3.8) is 0 Å². The van der Waals surface area contributed by atoms with Crippen LogP contribution in [-0.4, -0.2) is 21.0 Å². The van der Waals surface area contributed by atoms with Gasteiger partial charge in [-0.25, -0.2) is 0 Å². The van der Waals surface area contributed by atoms with E-state index >= 15 is 0 Å². The Morgan fingerprint density at radius 3 is 2.95 bits per heavy atom. The highest BCUT2D eigenvalue weighted by molar-refractivity contribution is 5.91. The summed E-state index contributed by atoms with van der Waals surface area (Å²) in [4.78, 5) is 19.3. The van der Waals surface area contributed by atoms with Crippen LogP contribution in [0.1, 0.15) is 11.5 Å². The normalized spacial score (nSPS) is 10.7. The SMILES string of the molecule is Cc1nc(Nc2cccc3cccnc23)oc1CC(=O)O. The molecule has 3 rings (SSSR count). The molecule has 0 aliphatic heterocycles. The number of fused-ring (bicyclic) bond motifs is 1. The van der Waals surface area contributed by atoms with E-state index in [9.17, 15) is 4.79 Å². The van der Waals surface area contributed by atoms with Gasteiger partial charge in [-0.15, -0.1) is 0 Å². The number of aromatic nitrogens is 2. The summed E-state index contributed by atoms with van der Waals surface area (Å²) in [5.74, 6) is -0.606. The molecule has 0 fully saturated rings. The smallest absolute Gasteiger partial charge is 0.311 e. The van der Waals surface area contributed by atoms with Crippen LogP contribution in [0.25, 0.3) is 10.9 Å². The Morgan fingerprint density at radius 1 is 1.33 bits per heavy atom. The molecule has 0 saturated heterocycles. The van der Waals surface area contributed by atoms with Crippen molar-refractivity contribution in [2.45, 2.75) is 13.3 Å². The standard InChI is InChI=1S/C15H13N3O3/c1-9-12(8-13(19)20)21-15(17-9)18-11-6-2-4-10-5-3-7-16-14(10)11/h2-7H,8H2,1H3,(H,17,18)(H,19,20). The fourth-order valence-electron chi connectivity index (χ4n) is 2.10. The monoisotopic (exact) mass is 283 g/mol. The maximum Gasteiger partial charge on any atom is 0.311 e. The fraction of sp³-hybridized carbons (Fsp3) is 0.133. The number of oxazole rings is 1. The van der Waals surface area contributed by atoms with E-state index in [1.54, 1.807) is 13.1 Å². The number of carboxylic acid groups (broad SMARTS) is 1. The number of rotatable bonds is 4. The molecule has 21 heavy (non-hydrogen) atoms. The number of carboxylic acids is 1. The second-order valence-corrected chi connectivity index (χ2v) is 4.60. The number of nitrogens with zero attached hydrogens (tertiary/aromatic N) is 2. The molecule has 6 heteroatoms. The maximum absolute atomic E-state index is 10.7. The number of benzene rings is 1. The summed E-state index contributed by atoms with van der Waals surface area (Å²) in [5.41, 5.74) is 2.12. The summed E-state index contributed by atoms with van der Waals surface area (Å²) in [7, 11) is 0. The highest BCUT2D eigenvalue weighted by Gasteiger charge is 2.13. The van der Waals surface area contributed by atoms with Gasteiger partial charge in [0, 0.05) is 11.6 Å². The van der Waals surface area contributed by atoms with Crippen molar-refractivity contribution >= 4 is 28.6 Å². The van der Waals surface area contributed by atoms with Gasteiger partial charge in [-0.1, -0.05) is 18.2 Å². The summed E-state index contributed by atoms with van der Waals surface area (Å²) in [5, 5.41) is 12.9. The topological polar surface area (TPSA) is 88.3 Å². The maximum atomic E-state index is 10.7. The lowest BCUT2D eigenvalue weighted by Crippen LogP contribution is -1.99. The molecule has 0 amide bonds. The molecule has 1 aromatic carbocycles. The van der Waals surface area contributed by atoms with Crippen molar-refractivity contribution in [2.24, 2.45) is 0 Å². The van der Waals surface area contributed by atoms with Gasteiger partial charge in [-0.3, -0.25) is 9.78 Å². The molecule has 2 aromatic heterocycles. The summed E-state index contributed by atoms with van der Waals surface area (Å²) >= 11 is 0. The number of nitrogens with one attached hydrogen (secondary N) is 1. The minimum Gasteiger partial charge on any atom is -0.481 e. The van der Waals surface area contributed by atoms with Gasteiger partial charge in [0.15, 0.2) is 0 Å². The number of hydrogen-bond acceptors (Lipinski definition) is 5. The van der Waals surface area contributed by atoms with Crippen LogP contribution < -0.4 is 5.32 Å². The first-order chi connectivity index (χ1) is 10.1. The first kappa shape index (κ1) is 13.1. The molecule has 0 aliphatic carbocycles. The van der Waals surface area contributed by atoms with Crippen LogP contribution in [0.5, 0.6) is 0 Å². The Balaban J connectivity index is 1.94. The van der Waals surface area contributed by atoms with Crippen LogP contribution in [0.2, 0.25) is 0 Å². The lowest BCUT2D eigenvalue weighted by molar-refractivity contribution is -0.136. The second-order valence-electron chi connectivity index (χ2n) is 4.60. The van der Waals surface area contributed by atoms with E-state index in [-0.39, 0.29) is 12.4 Å². The van der Waals surface area contributed by atoms with Crippen molar-refractivity contribution < 1.29 is 14.3 Å². The average Bonchev–Trinajstić information content (AvgIpc) is 2.78. The van der Waals surface area contributed by atoms with E-state index in [0.29, 0.717) is 11.5 Å². The van der Waals surface area contributed by atoms with E-state index in [1.165, 1.54) is 0 Å². The van der Waals surface area contributed by atoms with Crippen molar-refractivity contribution in [1.29, 1.82) is 0 Å². The largest absolute Gasteiger partial charge is 0.481 e. The van der Waals surface area contributed by atoms with Crippen LogP contribution in [0, 0.1) is 6.92 Å². The van der Waals surface area contributed by atoms with Crippen molar-refractivity contribution in [3.8, 4) is 0 Å². The Labute approximate surface area is 120 Å². The quantitative estimate of drug-likeness (QED) is 0.765. The molecular weight excluding hydrogens is 270 g/mol. The van der Waals surface area contributed by atoms with Gasteiger partial charge in [0.1, 0.15) is 12.2 Å². The molecule has 0 spiro atoms. The third kappa shape index (κ3) is 2.69. The number of carbonyl (C=O) groups is 1. The van der Waals surface area contributed by atoms with E-state index in [0.717, 1.165) is 16.6 Å². The Kier molecular flexibility index (Phi) is 3.27. The Bertz CT molecular complexity index is 806. The van der Waals surface area contributed by atoms with Crippen molar-refractivity contribution in [2.75, 3.05) is 5.32 Å². The minimum absolute atomic E-state index is 0.186. The first-order valence-corrected chi connectivity index (χ1v) is 6.42. The zero-order chi connectivity index (χ0) is 14.8. The van der Waals surface area contributed by atoms with Gasteiger partial charge in [0.05, 0.1) is 16.9 Å². The van der Waals surface area contributed by atoms with Crippen molar-refractivity contribution in [3.05, 3.63) is 48.0 Å². The predicted octanol–water partition coefficient (Wildman–Crippen LogP) is 2.90. The summed E-state index contributed by atoms with van der Waals surface area (Å²) in [6, 6.07) is 9.83. The molecule has 0 bridgehead atoms. The fourth-order valence-corrected chi connectivity index (χ4v) is 2.10. The average molecular weight is 283 g/mol. The Hall–Kier alpha value is -2.89. The second kappa shape index (κ2) is 5.24. The van der Waals surface area contributed by atoms with Crippen LogP contribution >= 0.6 is 0 Å². The number of hydrogen-bond donors (Lipinski definition) is 2. The van der Waals surface area contributed by atoms with E-state index < -0.39 is 5.97 Å². The van der Waals surface area contributed by atoms with E-state index in [1.807, 2.05) is 30.3 Å². The number of para-hydroxylation sites is 1. The number of aryl methyl sites for hydroxylation is 1. The number of anilines is 2. The highest BCUT2D eigenvalue weighted by atomic mass is 16.4. The van der Waals surface area contributed by atoms with Crippen molar-refractivity contribution in [1.82, 2.24) is 9.97 Å². The van der Waals surface area contributed by atoms with E-state index in [4.69, 9.17) is 9.52 Å². The lowest BCUT2D eigenvalue weighted by atomic mass is 10.2. The molecule has 3 aromatic rings. The highest BCUT2D eigenvalue weighted by Crippen LogP contribution is 2.25. The molecule has 2 heterocycles.